The first kappa shape index (κ1) is 14.8. The molecule has 1 atom stereocenters. The maximum absolute atomic E-state index is 10.4. The third-order valence-electron chi connectivity index (χ3n) is 1.93. The number of esters is 1. The van der Waals surface area contributed by atoms with Gasteiger partial charge in [0.1, 0.15) is 6.29 Å². The molecule has 0 radical (unpaired) electrons. The van der Waals surface area contributed by atoms with Crippen molar-refractivity contribution in [1.29, 1.82) is 0 Å². The van der Waals surface area contributed by atoms with E-state index < -0.39 is 18.2 Å². The number of carbonyl (C=O) groups excluding carboxylic acids is 3. The SMILES string of the molecule is CCOC(=O)C(=O)CC=O.C[C@@H]1CCOC1. The van der Waals surface area contributed by atoms with Gasteiger partial charge in [-0.25, -0.2) is 4.79 Å². The standard InChI is InChI=1S/C6H8O4.C5H10O/c1-2-10-6(9)5(8)3-4-7;1-5-2-3-6-4-5/h4H,2-3H2,1H3;5H,2-4H2,1H3/t;5-/m.1/s1. The van der Waals surface area contributed by atoms with Crippen LogP contribution in [0.2, 0.25) is 0 Å². The van der Waals surface area contributed by atoms with Gasteiger partial charge in [-0.15, -0.1) is 0 Å². The first-order valence-corrected chi connectivity index (χ1v) is 5.33. The molecule has 5 heteroatoms. The number of ether oxygens (including phenoxy) is 2. The predicted molar refractivity (Wildman–Crippen MR) is 56.9 cm³/mol. The van der Waals surface area contributed by atoms with Crippen LogP contribution in [0.25, 0.3) is 0 Å². The lowest BCUT2D eigenvalue weighted by molar-refractivity contribution is -0.153. The molecule has 0 aromatic heterocycles. The van der Waals surface area contributed by atoms with Gasteiger partial charge in [0.05, 0.1) is 13.0 Å². The molecule has 1 aliphatic rings. The molecule has 0 spiro atoms. The molecule has 1 heterocycles. The van der Waals surface area contributed by atoms with Crippen molar-refractivity contribution in [3.63, 3.8) is 0 Å². The number of hydrogen-bond acceptors (Lipinski definition) is 5. The van der Waals surface area contributed by atoms with Crippen LogP contribution in [0.15, 0.2) is 0 Å². The van der Waals surface area contributed by atoms with Gasteiger partial charge in [-0.3, -0.25) is 4.79 Å². The molecule has 0 aliphatic carbocycles. The second-order valence-electron chi connectivity index (χ2n) is 3.48. The van der Waals surface area contributed by atoms with Gasteiger partial charge in [0.2, 0.25) is 5.78 Å². The van der Waals surface area contributed by atoms with Gasteiger partial charge in [0, 0.05) is 13.2 Å². The molecule has 0 amide bonds. The summed E-state index contributed by atoms with van der Waals surface area (Å²) in [6, 6.07) is 0. The third kappa shape index (κ3) is 7.11. The molecule has 0 N–H and O–H groups in total. The summed E-state index contributed by atoms with van der Waals surface area (Å²) >= 11 is 0. The number of rotatable bonds is 4. The molecular formula is C11H18O5. The van der Waals surface area contributed by atoms with E-state index >= 15 is 0 Å². The van der Waals surface area contributed by atoms with Crippen molar-refractivity contribution in [2.75, 3.05) is 19.8 Å². The van der Waals surface area contributed by atoms with Crippen LogP contribution < -0.4 is 0 Å². The molecule has 1 rings (SSSR count). The predicted octanol–water partition coefficient (Wildman–Crippen LogP) is 0.750. The Labute approximate surface area is 95.1 Å². The lowest BCUT2D eigenvalue weighted by Gasteiger charge is -1.95. The molecule has 0 saturated carbocycles. The van der Waals surface area contributed by atoms with Crippen LogP contribution in [0.1, 0.15) is 26.7 Å². The summed E-state index contributed by atoms with van der Waals surface area (Å²) in [4.78, 5) is 30.5. The summed E-state index contributed by atoms with van der Waals surface area (Å²) in [6.45, 7) is 5.93. The fourth-order valence-corrected chi connectivity index (χ4v) is 1.02. The summed E-state index contributed by atoms with van der Waals surface area (Å²) in [6.07, 6.45) is 1.25. The van der Waals surface area contributed by atoms with E-state index in [1.54, 1.807) is 6.92 Å². The van der Waals surface area contributed by atoms with Gasteiger partial charge in [-0.1, -0.05) is 6.92 Å². The molecule has 1 aliphatic heterocycles. The Morgan fingerprint density at radius 2 is 2.19 bits per heavy atom. The second kappa shape index (κ2) is 9.03. The Morgan fingerprint density at radius 1 is 1.50 bits per heavy atom. The van der Waals surface area contributed by atoms with E-state index in [-0.39, 0.29) is 6.61 Å². The zero-order chi connectivity index (χ0) is 12.4. The molecule has 0 aromatic carbocycles. The van der Waals surface area contributed by atoms with Crippen LogP contribution >= 0.6 is 0 Å². The lowest BCUT2D eigenvalue weighted by atomic mass is 10.2. The van der Waals surface area contributed by atoms with Crippen molar-refractivity contribution < 1.29 is 23.9 Å². The van der Waals surface area contributed by atoms with Gasteiger partial charge < -0.3 is 14.3 Å². The zero-order valence-corrected chi connectivity index (χ0v) is 9.73. The number of carbonyl (C=O) groups is 3. The van der Waals surface area contributed by atoms with Crippen molar-refractivity contribution in [3.8, 4) is 0 Å². The van der Waals surface area contributed by atoms with Gasteiger partial charge >= 0.3 is 5.97 Å². The number of ketones is 1. The molecule has 1 saturated heterocycles. The number of aldehydes is 1. The highest BCUT2D eigenvalue weighted by molar-refractivity contribution is 6.35. The zero-order valence-electron chi connectivity index (χ0n) is 9.73. The highest BCUT2D eigenvalue weighted by Gasteiger charge is 2.12. The quantitative estimate of drug-likeness (QED) is 0.308. The first-order chi connectivity index (χ1) is 7.61. The number of hydrogen-bond donors (Lipinski definition) is 0. The highest BCUT2D eigenvalue weighted by atomic mass is 16.5. The molecule has 0 unspecified atom stereocenters. The Balaban J connectivity index is 0.000000315. The summed E-state index contributed by atoms with van der Waals surface area (Å²) in [5.41, 5.74) is 0. The van der Waals surface area contributed by atoms with Gasteiger partial charge in [0.25, 0.3) is 0 Å². The highest BCUT2D eigenvalue weighted by Crippen LogP contribution is 2.09. The summed E-state index contributed by atoms with van der Waals surface area (Å²) < 4.78 is 9.37. The number of Topliss-reactive ketones (excluding diaryl/α,β-unsaturated/α-hetero) is 1. The van der Waals surface area contributed by atoms with E-state index in [2.05, 4.69) is 11.7 Å². The van der Waals surface area contributed by atoms with Crippen molar-refractivity contribution in [3.05, 3.63) is 0 Å². The monoisotopic (exact) mass is 230 g/mol. The van der Waals surface area contributed by atoms with E-state index in [4.69, 9.17) is 4.74 Å². The Bertz CT molecular complexity index is 231. The van der Waals surface area contributed by atoms with Crippen LogP contribution in [-0.2, 0) is 23.9 Å². The van der Waals surface area contributed by atoms with Crippen LogP contribution in [0.4, 0.5) is 0 Å². The summed E-state index contributed by atoms with van der Waals surface area (Å²) in [7, 11) is 0. The minimum Gasteiger partial charge on any atom is -0.460 e. The maximum Gasteiger partial charge on any atom is 0.375 e. The van der Waals surface area contributed by atoms with Crippen molar-refractivity contribution in [1.82, 2.24) is 0 Å². The molecule has 16 heavy (non-hydrogen) atoms. The van der Waals surface area contributed by atoms with E-state index in [1.165, 1.54) is 6.42 Å². The Kier molecular flexibility index (Phi) is 8.34. The Hall–Kier alpha value is -1.23. The fraction of sp³-hybridized carbons (Fsp3) is 0.727. The van der Waals surface area contributed by atoms with Gasteiger partial charge in [-0.05, 0) is 19.3 Å². The van der Waals surface area contributed by atoms with E-state index in [1.807, 2.05) is 0 Å². The van der Waals surface area contributed by atoms with E-state index in [9.17, 15) is 14.4 Å². The van der Waals surface area contributed by atoms with E-state index in [0.29, 0.717) is 6.29 Å². The molecule has 0 bridgehead atoms. The topological polar surface area (TPSA) is 69.7 Å². The van der Waals surface area contributed by atoms with E-state index in [0.717, 1.165) is 19.1 Å². The third-order valence-corrected chi connectivity index (χ3v) is 1.93. The van der Waals surface area contributed by atoms with Crippen molar-refractivity contribution in [2.45, 2.75) is 26.7 Å². The normalized spacial score (nSPS) is 18.2. The smallest absolute Gasteiger partial charge is 0.375 e. The van der Waals surface area contributed by atoms with Gasteiger partial charge in [0.15, 0.2) is 0 Å². The van der Waals surface area contributed by atoms with Crippen molar-refractivity contribution in [2.24, 2.45) is 5.92 Å². The maximum atomic E-state index is 10.4. The van der Waals surface area contributed by atoms with Crippen LogP contribution in [0, 0.1) is 5.92 Å². The average Bonchev–Trinajstić information content (AvgIpc) is 2.71. The van der Waals surface area contributed by atoms with Gasteiger partial charge in [-0.2, -0.15) is 0 Å². The molecule has 5 nitrogen and oxygen atoms in total. The molecule has 92 valence electrons. The minimum atomic E-state index is -0.936. The molecule has 1 fully saturated rings. The minimum absolute atomic E-state index is 0.156. The van der Waals surface area contributed by atoms with Crippen LogP contribution in [0.3, 0.4) is 0 Å². The molecule has 0 aromatic rings. The average molecular weight is 230 g/mol. The molecular weight excluding hydrogens is 212 g/mol. The largest absolute Gasteiger partial charge is 0.460 e. The first-order valence-electron chi connectivity index (χ1n) is 5.33. The summed E-state index contributed by atoms with van der Waals surface area (Å²) in [5, 5.41) is 0. The van der Waals surface area contributed by atoms with Crippen LogP contribution in [-0.4, -0.2) is 37.9 Å². The lowest BCUT2D eigenvalue weighted by Crippen LogP contribution is -2.17. The fourth-order valence-electron chi connectivity index (χ4n) is 1.02. The van der Waals surface area contributed by atoms with Crippen molar-refractivity contribution >= 4 is 18.0 Å². The Morgan fingerprint density at radius 3 is 2.50 bits per heavy atom. The summed E-state index contributed by atoms with van der Waals surface area (Å²) in [5.74, 6) is -0.906. The second-order valence-corrected chi connectivity index (χ2v) is 3.48. The van der Waals surface area contributed by atoms with Crippen LogP contribution in [0.5, 0.6) is 0 Å².